The van der Waals surface area contributed by atoms with Gasteiger partial charge in [0.2, 0.25) is 10.0 Å². The monoisotopic (exact) mass is 324 g/mol. The first kappa shape index (κ1) is 15.9. The molecule has 0 amide bonds. The van der Waals surface area contributed by atoms with Gasteiger partial charge < -0.3 is 0 Å². The topological polar surface area (TPSA) is 50.3 Å². The van der Waals surface area contributed by atoms with Gasteiger partial charge in [-0.15, -0.1) is 11.6 Å². The van der Waals surface area contributed by atoms with Gasteiger partial charge in [0.15, 0.2) is 0 Å². The van der Waals surface area contributed by atoms with Crippen molar-refractivity contribution in [1.82, 2.24) is 9.29 Å². The zero-order chi connectivity index (χ0) is 15.3. The van der Waals surface area contributed by atoms with Crippen LogP contribution in [0.5, 0.6) is 0 Å². The molecule has 112 valence electrons. The zero-order valence-electron chi connectivity index (χ0n) is 11.7. The Labute approximate surface area is 130 Å². The van der Waals surface area contributed by atoms with Crippen LogP contribution in [0.2, 0.25) is 0 Å². The Hall–Kier alpha value is -1.43. The average molecular weight is 325 g/mol. The lowest BCUT2D eigenvalue weighted by molar-refractivity contribution is 0.471. The van der Waals surface area contributed by atoms with Crippen molar-refractivity contribution >= 4 is 21.6 Å². The van der Waals surface area contributed by atoms with E-state index in [1.54, 1.807) is 37.5 Å². The molecule has 0 aliphatic rings. The molecule has 0 aliphatic heterocycles. The lowest BCUT2D eigenvalue weighted by Gasteiger charge is -2.17. The molecular formula is C15H17ClN2O2S. The summed E-state index contributed by atoms with van der Waals surface area (Å²) in [7, 11) is -1.92. The van der Waals surface area contributed by atoms with Gasteiger partial charge in [-0.3, -0.25) is 4.98 Å². The zero-order valence-corrected chi connectivity index (χ0v) is 13.3. The van der Waals surface area contributed by atoms with Gasteiger partial charge in [-0.25, -0.2) is 12.7 Å². The highest BCUT2D eigenvalue weighted by Crippen LogP contribution is 2.17. The Balaban J connectivity index is 2.11. The van der Waals surface area contributed by atoms with Crippen molar-refractivity contribution in [3.05, 3.63) is 59.9 Å². The molecule has 21 heavy (non-hydrogen) atoms. The molecule has 0 atom stereocenters. The minimum absolute atomic E-state index is 0.268. The first-order chi connectivity index (χ1) is 10.0. The molecule has 2 aromatic rings. The summed E-state index contributed by atoms with van der Waals surface area (Å²) >= 11 is 5.75. The van der Waals surface area contributed by atoms with Crippen LogP contribution in [0.25, 0.3) is 0 Å². The predicted molar refractivity (Wildman–Crippen MR) is 83.8 cm³/mol. The quantitative estimate of drug-likeness (QED) is 0.768. The summed E-state index contributed by atoms with van der Waals surface area (Å²) in [5, 5.41) is 0. The summed E-state index contributed by atoms with van der Waals surface area (Å²) in [5.41, 5.74) is 1.66. The third kappa shape index (κ3) is 4.03. The van der Waals surface area contributed by atoms with E-state index in [-0.39, 0.29) is 4.90 Å². The van der Waals surface area contributed by atoms with E-state index in [9.17, 15) is 8.42 Å². The molecule has 1 aromatic carbocycles. The fraction of sp³-hybridized carbons (Fsp3) is 0.267. The number of nitrogens with zero attached hydrogens (tertiary/aromatic N) is 2. The lowest BCUT2D eigenvalue weighted by Crippen LogP contribution is -2.29. The van der Waals surface area contributed by atoms with Crippen LogP contribution < -0.4 is 0 Å². The van der Waals surface area contributed by atoms with Crippen molar-refractivity contribution in [2.75, 3.05) is 13.6 Å². The smallest absolute Gasteiger partial charge is 0.242 e. The van der Waals surface area contributed by atoms with Crippen LogP contribution in [-0.2, 0) is 22.3 Å². The third-order valence-corrected chi connectivity index (χ3v) is 5.33. The molecular weight excluding hydrogens is 308 g/mol. The van der Waals surface area contributed by atoms with Crippen molar-refractivity contribution in [2.45, 2.75) is 17.2 Å². The minimum Gasteiger partial charge on any atom is -0.261 e. The van der Waals surface area contributed by atoms with Crippen LogP contribution in [0.1, 0.15) is 11.3 Å². The van der Waals surface area contributed by atoms with Crippen LogP contribution >= 0.6 is 11.6 Å². The number of hydrogen-bond acceptors (Lipinski definition) is 3. The summed E-state index contributed by atoms with van der Waals surface area (Å²) in [6.07, 6.45) is 2.28. The molecule has 0 spiro atoms. The fourth-order valence-electron chi connectivity index (χ4n) is 1.91. The maximum Gasteiger partial charge on any atom is 0.242 e. The molecule has 6 heteroatoms. The van der Waals surface area contributed by atoms with Crippen molar-refractivity contribution in [3.8, 4) is 0 Å². The summed E-state index contributed by atoms with van der Waals surface area (Å²) in [5.74, 6) is 0.293. The highest BCUT2D eigenvalue weighted by atomic mass is 35.5. The van der Waals surface area contributed by atoms with E-state index < -0.39 is 10.0 Å². The molecule has 0 saturated carbocycles. The molecule has 1 aromatic heterocycles. The molecule has 2 rings (SSSR count). The number of likely N-dealkylation sites (N-methyl/N-ethyl adjacent to an activating group) is 1. The average Bonchev–Trinajstić information content (AvgIpc) is 2.53. The predicted octanol–water partition coefficient (Wildman–Crippen LogP) is 2.68. The maximum atomic E-state index is 12.5. The number of alkyl halides is 1. The molecule has 0 unspecified atom stereocenters. The minimum atomic E-state index is -3.49. The molecule has 0 saturated heterocycles. The summed E-state index contributed by atoms with van der Waals surface area (Å²) in [6.45, 7) is 0.379. The van der Waals surface area contributed by atoms with E-state index in [1.165, 1.54) is 4.31 Å². The Bertz CT molecular complexity index is 690. The van der Waals surface area contributed by atoms with Crippen LogP contribution in [-0.4, -0.2) is 31.3 Å². The fourth-order valence-corrected chi connectivity index (χ4v) is 3.32. The van der Waals surface area contributed by atoms with Gasteiger partial charge in [0.1, 0.15) is 0 Å². The number of hydrogen-bond donors (Lipinski definition) is 0. The van der Waals surface area contributed by atoms with Crippen molar-refractivity contribution in [2.24, 2.45) is 0 Å². The first-order valence-corrected chi connectivity index (χ1v) is 8.52. The maximum absolute atomic E-state index is 12.5. The molecule has 4 nitrogen and oxygen atoms in total. The Morgan fingerprint density at radius 2 is 2.00 bits per heavy atom. The van der Waals surface area contributed by atoms with E-state index in [0.717, 1.165) is 11.3 Å². The third-order valence-electron chi connectivity index (χ3n) is 3.17. The Morgan fingerprint density at radius 3 is 2.67 bits per heavy atom. The second-order valence-corrected chi connectivity index (χ2v) is 6.99. The van der Waals surface area contributed by atoms with Crippen molar-refractivity contribution in [3.63, 3.8) is 0 Å². The number of rotatable bonds is 6. The van der Waals surface area contributed by atoms with Gasteiger partial charge in [0.25, 0.3) is 0 Å². The Kier molecular flexibility index (Phi) is 5.33. The summed E-state index contributed by atoms with van der Waals surface area (Å²) in [4.78, 5) is 4.46. The van der Waals surface area contributed by atoms with E-state index in [2.05, 4.69) is 4.98 Å². The summed E-state index contributed by atoms with van der Waals surface area (Å²) < 4.78 is 26.3. The number of sulfonamides is 1. The SMILES string of the molecule is CN(CCc1ccccn1)S(=O)(=O)c1cccc(CCl)c1. The molecule has 0 aliphatic carbocycles. The van der Waals surface area contributed by atoms with Gasteiger partial charge in [-0.05, 0) is 29.8 Å². The van der Waals surface area contributed by atoms with Crippen LogP contribution in [0.15, 0.2) is 53.6 Å². The lowest BCUT2D eigenvalue weighted by atomic mass is 10.2. The van der Waals surface area contributed by atoms with Gasteiger partial charge in [0.05, 0.1) is 4.90 Å². The highest BCUT2D eigenvalue weighted by Gasteiger charge is 2.20. The van der Waals surface area contributed by atoms with Crippen LogP contribution in [0, 0.1) is 0 Å². The van der Waals surface area contributed by atoms with E-state index in [1.807, 2.05) is 18.2 Å². The second kappa shape index (κ2) is 7.02. The highest BCUT2D eigenvalue weighted by molar-refractivity contribution is 7.89. The molecule has 1 heterocycles. The first-order valence-electron chi connectivity index (χ1n) is 6.55. The Morgan fingerprint density at radius 1 is 1.19 bits per heavy atom. The van der Waals surface area contributed by atoms with Crippen LogP contribution in [0.4, 0.5) is 0 Å². The molecule has 0 N–H and O–H groups in total. The molecule has 0 fully saturated rings. The second-order valence-electron chi connectivity index (χ2n) is 4.68. The standard InChI is InChI=1S/C15H17ClN2O2S/c1-18(10-8-14-6-2-3-9-17-14)21(19,20)15-7-4-5-13(11-15)12-16/h2-7,9,11H,8,10,12H2,1H3. The van der Waals surface area contributed by atoms with Crippen molar-refractivity contribution in [1.29, 1.82) is 0 Å². The normalized spacial score (nSPS) is 11.8. The number of pyridine rings is 1. The molecule has 0 radical (unpaired) electrons. The van der Waals surface area contributed by atoms with Gasteiger partial charge in [-0.2, -0.15) is 0 Å². The number of aromatic nitrogens is 1. The van der Waals surface area contributed by atoms with E-state index >= 15 is 0 Å². The van der Waals surface area contributed by atoms with E-state index in [4.69, 9.17) is 11.6 Å². The largest absolute Gasteiger partial charge is 0.261 e. The van der Waals surface area contributed by atoms with Gasteiger partial charge in [0, 0.05) is 37.8 Å². The molecule has 0 bridgehead atoms. The van der Waals surface area contributed by atoms with E-state index in [0.29, 0.717) is 18.8 Å². The van der Waals surface area contributed by atoms with Crippen LogP contribution in [0.3, 0.4) is 0 Å². The number of halogens is 1. The summed E-state index contributed by atoms with van der Waals surface area (Å²) in [6, 6.07) is 12.3. The number of benzene rings is 1. The van der Waals surface area contributed by atoms with Gasteiger partial charge in [-0.1, -0.05) is 18.2 Å². The van der Waals surface area contributed by atoms with Crippen molar-refractivity contribution < 1.29 is 8.42 Å². The van der Waals surface area contributed by atoms with Gasteiger partial charge >= 0.3 is 0 Å².